The third kappa shape index (κ3) is 9.64. The summed E-state index contributed by atoms with van der Waals surface area (Å²) < 4.78 is 5.04. The Hall–Kier alpha value is -2.59. The van der Waals surface area contributed by atoms with Crippen molar-refractivity contribution in [1.29, 1.82) is 0 Å². The number of aliphatic carboxylic acids is 2. The van der Waals surface area contributed by atoms with E-state index in [1.54, 1.807) is 31.4 Å². The molecule has 0 unspecified atom stereocenters. The van der Waals surface area contributed by atoms with Gasteiger partial charge >= 0.3 is 11.9 Å². The first-order valence-electron chi connectivity index (χ1n) is 7.37. The molecule has 9 nitrogen and oxygen atoms in total. The molecule has 0 amide bonds. The fourth-order valence-corrected chi connectivity index (χ4v) is 2.33. The van der Waals surface area contributed by atoms with Gasteiger partial charge in [-0.3, -0.25) is 4.79 Å². The summed E-state index contributed by atoms with van der Waals surface area (Å²) in [6.07, 6.45) is 0.923. The van der Waals surface area contributed by atoms with Crippen LogP contribution in [0.4, 0.5) is 0 Å². The van der Waals surface area contributed by atoms with Crippen LogP contribution in [0.25, 0.3) is 0 Å². The number of thioether (sulfide) groups is 1. The minimum Gasteiger partial charge on any atom is -0.497 e. The second-order valence-electron chi connectivity index (χ2n) is 5.08. The van der Waals surface area contributed by atoms with Gasteiger partial charge in [0.05, 0.1) is 7.11 Å². The van der Waals surface area contributed by atoms with Gasteiger partial charge in [0.1, 0.15) is 5.75 Å². The Balaban J connectivity index is 0.000000896. The number of oxime groups is 1. The summed E-state index contributed by atoms with van der Waals surface area (Å²) in [6, 6.07) is 6.73. The smallest absolute Gasteiger partial charge is 0.414 e. The standard InChI is InChI=1S/C14H20N2O3S.C2H2O4/c1-16(2)9-4-10-20-14(15-18)13(17)11-5-7-12(19-3)8-6-11;3-1(4)2(5)6/h5-8,18H,4,9-10H2,1-3H3;(H,3,4)(H,5,6)/b15-14-;. The number of carbonyl (C=O) groups excluding carboxylic acids is 1. The van der Waals surface area contributed by atoms with E-state index < -0.39 is 11.9 Å². The first kappa shape index (κ1) is 23.4. The highest BCUT2D eigenvalue weighted by Gasteiger charge is 2.15. The molecule has 0 spiro atoms. The van der Waals surface area contributed by atoms with Crippen LogP contribution < -0.4 is 4.74 Å². The van der Waals surface area contributed by atoms with E-state index in [1.165, 1.54) is 11.8 Å². The third-order valence-electron chi connectivity index (χ3n) is 2.81. The second kappa shape index (κ2) is 12.7. The van der Waals surface area contributed by atoms with Gasteiger partial charge in [-0.25, -0.2) is 9.59 Å². The Morgan fingerprint density at radius 3 is 2.04 bits per heavy atom. The number of ketones is 1. The fourth-order valence-electron chi connectivity index (χ4n) is 1.56. The predicted octanol–water partition coefficient (Wildman–Crippen LogP) is 1.51. The summed E-state index contributed by atoms with van der Waals surface area (Å²) in [5, 5.41) is 27.0. The van der Waals surface area contributed by atoms with E-state index in [2.05, 4.69) is 10.1 Å². The number of hydrogen-bond donors (Lipinski definition) is 3. The van der Waals surface area contributed by atoms with Crippen LogP contribution in [0.15, 0.2) is 29.4 Å². The number of benzene rings is 1. The summed E-state index contributed by atoms with van der Waals surface area (Å²) in [7, 11) is 5.56. The zero-order valence-corrected chi connectivity index (χ0v) is 15.5. The van der Waals surface area contributed by atoms with Crippen LogP contribution in [0.5, 0.6) is 5.75 Å². The molecule has 1 aromatic carbocycles. The van der Waals surface area contributed by atoms with Gasteiger partial charge in [0.2, 0.25) is 5.78 Å². The zero-order chi connectivity index (χ0) is 20.1. The topological polar surface area (TPSA) is 137 Å². The number of nitrogens with zero attached hydrogens (tertiary/aromatic N) is 2. The van der Waals surface area contributed by atoms with Crippen molar-refractivity contribution < 1.29 is 34.5 Å². The van der Waals surface area contributed by atoms with Gasteiger partial charge in [-0.05, 0) is 51.3 Å². The van der Waals surface area contributed by atoms with Crippen LogP contribution in [0, 0.1) is 0 Å². The van der Waals surface area contributed by atoms with Crippen LogP contribution in [-0.2, 0) is 9.59 Å². The number of carboxylic acid groups (broad SMARTS) is 2. The maximum atomic E-state index is 12.1. The SMILES string of the molecule is COc1ccc(C(=O)/C(=N/O)SCCCN(C)C)cc1.O=C(O)C(=O)O. The number of ether oxygens (including phenoxy) is 1. The molecule has 0 radical (unpaired) electrons. The highest BCUT2D eigenvalue weighted by atomic mass is 32.2. The molecule has 0 aliphatic carbocycles. The zero-order valence-electron chi connectivity index (χ0n) is 14.7. The van der Waals surface area contributed by atoms with Crippen LogP contribution in [0.2, 0.25) is 0 Å². The van der Waals surface area contributed by atoms with Crippen molar-refractivity contribution in [2.75, 3.05) is 33.5 Å². The average molecular weight is 386 g/mol. The van der Waals surface area contributed by atoms with Crippen molar-refractivity contribution in [3.63, 3.8) is 0 Å². The van der Waals surface area contributed by atoms with Gasteiger partial charge in [0.25, 0.3) is 0 Å². The van der Waals surface area contributed by atoms with E-state index in [1.807, 2.05) is 14.1 Å². The van der Waals surface area contributed by atoms with E-state index in [0.717, 1.165) is 18.7 Å². The number of rotatable bonds is 7. The van der Waals surface area contributed by atoms with Crippen molar-refractivity contribution in [3.8, 4) is 5.75 Å². The Morgan fingerprint density at radius 1 is 1.12 bits per heavy atom. The summed E-state index contributed by atoms with van der Waals surface area (Å²) in [4.78, 5) is 32.4. The molecule has 26 heavy (non-hydrogen) atoms. The average Bonchev–Trinajstić information content (AvgIpc) is 2.61. The highest BCUT2D eigenvalue weighted by molar-refractivity contribution is 8.15. The van der Waals surface area contributed by atoms with E-state index in [0.29, 0.717) is 11.3 Å². The quantitative estimate of drug-likeness (QED) is 0.121. The summed E-state index contributed by atoms with van der Waals surface area (Å²) >= 11 is 1.27. The number of Topliss-reactive ketones (excluding diaryl/α,β-unsaturated/α-hetero) is 1. The third-order valence-corrected chi connectivity index (χ3v) is 3.84. The molecule has 0 aliphatic rings. The van der Waals surface area contributed by atoms with Crippen molar-refractivity contribution in [1.82, 2.24) is 4.90 Å². The lowest BCUT2D eigenvalue weighted by molar-refractivity contribution is -0.159. The monoisotopic (exact) mass is 386 g/mol. The molecule has 0 fully saturated rings. The number of hydrogen-bond acceptors (Lipinski definition) is 8. The highest BCUT2D eigenvalue weighted by Crippen LogP contribution is 2.16. The molecule has 0 aromatic heterocycles. The fraction of sp³-hybridized carbons (Fsp3) is 0.375. The van der Waals surface area contributed by atoms with Crippen molar-refractivity contribution in [3.05, 3.63) is 29.8 Å². The second-order valence-corrected chi connectivity index (χ2v) is 6.16. The Bertz CT molecular complexity index is 618. The normalized spacial score (nSPS) is 10.7. The van der Waals surface area contributed by atoms with E-state index in [9.17, 15) is 4.79 Å². The van der Waals surface area contributed by atoms with Gasteiger partial charge in [-0.1, -0.05) is 16.9 Å². The van der Waals surface area contributed by atoms with Gasteiger partial charge in [-0.2, -0.15) is 0 Å². The summed E-state index contributed by atoms with van der Waals surface area (Å²) in [5.41, 5.74) is 0.485. The molecular formula is C16H22N2O7S. The Morgan fingerprint density at radius 2 is 1.65 bits per heavy atom. The predicted molar refractivity (Wildman–Crippen MR) is 97.4 cm³/mol. The molecule has 0 heterocycles. The number of methoxy groups -OCH3 is 1. The molecule has 0 saturated heterocycles. The minimum atomic E-state index is -1.82. The maximum Gasteiger partial charge on any atom is 0.414 e. The van der Waals surface area contributed by atoms with Gasteiger partial charge in [-0.15, -0.1) is 0 Å². The molecule has 0 atom stereocenters. The largest absolute Gasteiger partial charge is 0.497 e. The lowest BCUT2D eigenvalue weighted by Gasteiger charge is -2.09. The van der Waals surface area contributed by atoms with Crippen LogP contribution in [0.3, 0.4) is 0 Å². The molecule has 3 N–H and O–H groups in total. The van der Waals surface area contributed by atoms with Crippen molar-refractivity contribution >= 4 is 34.5 Å². The van der Waals surface area contributed by atoms with Crippen LogP contribution in [0.1, 0.15) is 16.8 Å². The van der Waals surface area contributed by atoms with Gasteiger partial charge < -0.3 is 25.1 Å². The van der Waals surface area contributed by atoms with E-state index in [4.69, 9.17) is 29.7 Å². The minimum absolute atomic E-state index is 0.119. The first-order valence-corrected chi connectivity index (χ1v) is 8.36. The van der Waals surface area contributed by atoms with E-state index in [-0.39, 0.29) is 10.8 Å². The van der Waals surface area contributed by atoms with Gasteiger partial charge in [0, 0.05) is 11.3 Å². The number of carbonyl (C=O) groups is 3. The van der Waals surface area contributed by atoms with E-state index >= 15 is 0 Å². The summed E-state index contributed by atoms with van der Waals surface area (Å²) in [5.74, 6) is -2.50. The molecule has 0 aliphatic heterocycles. The molecule has 0 bridgehead atoms. The van der Waals surface area contributed by atoms with Gasteiger partial charge in [0.15, 0.2) is 5.04 Å². The molecule has 0 saturated carbocycles. The molecule has 1 aromatic rings. The first-order chi connectivity index (χ1) is 12.2. The molecule has 144 valence electrons. The van der Waals surface area contributed by atoms with Crippen LogP contribution in [-0.4, -0.2) is 76.6 Å². The van der Waals surface area contributed by atoms with Crippen molar-refractivity contribution in [2.24, 2.45) is 5.16 Å². The molecular weight excluding hydrogens is 364 g/mol. The Kier molecular flexibility index (Phi) is 11.5. The lowest BCUT2D eigenvalue weighted by Crippen LogP contribution is -2.15. The lowest BCUT2D eigenvalue weighted by atomic mass is 10.1. The number of carboxylic acids is 2. The summed E-state index contributed by atoms with van der Waals surface area (Å²) in [6.45, 7) is 0.933. The van der Waals surface area contributed by atoms with Crippen LogP contribution >= 0.6 is 11.8 Å². The van der Waals surface area contributed by atoms with Crippen molar-refractivity contribution in [2.45, 2.75) is 6.42 Å². The molecule has 10 heteroatoms. The molecule has 1 rings (SSSR count). The Labute approximate surface area is 155 Å². The maximum absolute atomic E-state index is 12.1.